The number of nitrogens with zero attached hydrogens (tertiary/aromatic N) is 2. The second kappa shape index (κ2) is 3.18. The Balaban J connectivity index is 2.92. The lowest BCUT2D eigenvalue weighted by Crippen LogP contribution is -2.19. The van der Waals surface area contributed by atoms with Gasteiger partial charge in [0.2, 0.25) is 0 Å². The van der Waals surface area contributed by atoms with E-state index in [0.717, 1.165) is 4.57 Å². The summed E-state index contributed by atoms with van der Waals surface area (Å²) in [6, 6.07) is 1.58. The van der Waals surface area contributed by atoms with Crippen molar-refractivity contribution in [2.24, 2.45) is 7.05 Å². The number of halogens is 2. The number of hydrogen-bond donors (Lipinski definition) is 0. The molecule has 0 radical (unpaired) electrons. The summed E-state index contributed by atoms with van der Waals surface area (Å²) in [6.45, 7) is -1.06. The Morgan fingerprint density at radius 3 is 2.67 bits per heavy atom. The molecule has 2 rings (SSSR count). The molecule has 0 N–H and O–H groups in total. The summed E-state index contributed by atoms with van der Waals surface area (Å²) in [5.74, 6) is 0. The van der Waals surface area contributed by atoms with E-state index in [-0.39, 0.29) is 5.56 Å². The predicted molar refractivity (Wildman–Crippen MR) is 53.2 cm³/mol. The molecule has 0 amide bonds. The maximum Gasteiger partial charge on any atom is 0.319 e. The lowest BCUT2D eigenvalue weighted by Gasteiger charge is -2.06. The normalized spacial score (nSPS) is 11.5. The van der Waals surface area contributed by atoms with Crippen LogP contribution in [-0.4, -0.2) is 9.13 Å². The van der Waals surface area contributed by atoms with Crippen LogP contribution in [0.2, 0.25) is 0 Å². The number of rotatable bonds is 1. The Morgan fingerprint density at radius 1 is 1.40 bits per heavy atom. The van der Waals surface area contributed by atoms with Crippen molar-refractivity contribution < 1.29 is 8.78 Å². The highest BCUT2D eigenvalue weighted by atomic mass is 19.3. The van der Waals surface area contributed by atoms with Gasteiger partial charge in [0.1, 0.15) is 0 Å². The van der Waals surface area contributed by atoms with Crippen molar-refractivity contribution >= 4 is 10.9 Å². The van der Waals surface area contributed by atoms with E-state index in [1.165, 1.54) is 10.8 Å². The highest BCUT2D eigenvalue weighted by molar-refractivity contribution is 5.82. The molecule has 2 aromatic heterocycles. The second-order valence-corrected chi connectivity index (χ2v) is 3.47. The molecular formula is C10H10F2N2O. The van der Waals surface area contributed by atoms with Gasteiger partial charge in [0.05, 0.1) is 5.52 Å². The van der Waals surface area contributed by atoms with Gasteiger partial charge in [-0.05, 0) is 13.0 Å². The van der Waals surface area contributed by atoms with Crippen molar-refractivity contribution in [1.29, 1.82) is 0 Å². The van der Waals surface area contributed by atoms with Crippen molar-refractivity contribution in [3.05, 3.63) is 34.4 Å². The Kier molecular flexibility index (Phi) is 2.10. The zero-order valence-corrected chi connectivity index (χ0v) is 8.37. The van der Waals surface area contributed by atoms with E-state index in [1.54, 1.807) is 26.2 Å². The molecular weight excluding hydrogens is 202 g/mol. The molecule has 0 aliphatic carbocycles. The number of aromatic nitrogens is 2. The zero-order chi connectivity index (χ0) is 11.2. The largest absolute Gasteiger partial charge is 0.319 e. The van der Waals surface area contributed by atoms with Gasteiger partial charge in [-0.15, -0.1) is 0 Å². The third-order valence-corrected chi connectivity index (χ3v) is 2.49. The van der Waals surface area contributed by atoms with Crippen molar-refractivity contribution in [3.8, 4) is 0 Å². The van der Waals surface area contributed by atoms with Crippen LogP contribution in [0.25, 0.3) is 10.9 Å². The van der Waals surface area contributed by atoms with Crippen LogP contribution in [0.4, 0.5) is 8.78 Å². The quantitative estimate of drug-likeness (QED) is 0.710. The van der Waals surface area contributed by atoms with Gasteiger partial charge in [0.15, 0.2) is 0 Å². The summed E-state index contributed by atoms with van der Waals surface area (Å²) in [6.07, 6.45) is 2.85. The number of fused-ring (bicyclic) bond motifs is 1. The van der Waals surface area contributed by atoms with Crippen molar-refractivity contribution in [2.45, 2.75) is 13.5 Å². The maximum atomic E-state index is 12.6. The molecule has 0 aliphatic heterocycles. The lowest BCUT2D eigenvalue weighted by atomic mass is 10.2. The Labute approximate surface area is 84.5 Å². The van der Waals surface area contributed by atoms with Gasteiger partial charge in [-0.1, -0.05) is 0 Å². The van der Waals surface area contributed by atoms with Crippen molar-refractivity contribution in [2.75, 3.05) is 0 Å². The van der Waals surface area contributed by atoms with Gasteiger partial charge in [0, 0.05) is 30.4 Å². The van der Waals surface area contributed by atoms with E-state index in [0.29, 0.717) is 16.5 Å². The fourth-order valence-corrected chi connectivity index (χ4v) is 1.77. The topological polar surface area (TPSA) is 26.9 Å². The summed E-state index contributed by atoms with van der Waals surface area (Å²) in [7, 11) is 1.61. The third kappa shape index (κ3) is 1.35. The monoisotopic (exact) mass is 212 g/mol. The minimum absolute atomic E-state index is 0.247. The van der Waals surface area contributed by atoms with Gasteiger partial charge in [0.25, 0.3) is 5.56 Å². The van der Waals surface area contributed by atoms with Gasteiger partial charge in [-0.3, -0.25) is 9.36 Å². The molecule has 0 fully saturated rings. The molecule has 0 aromatic carbocycles. The van der Waals surface area contributed by atoms with Crippen LogP contribution in [0.3, 0.4) is 0 Å². The fraction of sp³-hybridized carbons (Fsp3) is 0.300. The first-order chi connectivity index (χ1) is 7.02. The van der Waals surface area contributed by atoms with Crippen molar-refractivity contribution in [1.82, 2.24) is 9.13 Å². The SMILES string of the molecule is Cc1c(=O)n(C)cc2ccn(C(F)F)c12. The van der Waals surface area contributed by atoms with E-state index in [4.69, 9.17) is 0 Å². The maximum absolute atomic E-state index is 12.6. The molecule has 80 valence electrons. The zero-order valence-electron chi connectivity index (χ0n) is 8.37. The van der Waals surface area contributed by atoms with E-state index >= 15 is 0 Å². The van der Waals surface area contributed by atoms with E-state index in [2.05, 4.69) is 0 Å². The molecule has 0 aliphatic rings. The summed E-state index contributed by atoms with van der Waals surface area (Å²) < 4.78 is 27.4. The van der Waals surface area contributed by atoms with E-state index in [1.807, 2.05) is 0 Å². The minimum Gasteiger partial charge on any atom is -0.318 e. The van der Waals surface area contributed by atoms with Crippen LogP contribution in [-0.2, 0) is 7.05 Å². The van der Waals surface area contributed by atoms with Crippen LogP contribution >= 0.6 is 0 Å². The molecule has 0 bridgehead atoms. The average molecular weight is 212 g/mol. The highest BCUT2D eigenvalue weighted by Crippen LogP contribution is 2.22. The molecule has 0 saturated carbocycles. The molecule has 0 spiro atoms. The summed E-state index contributed by atoms with van der Waals surface area (Å²) in [5, 5.41) is 0.648. The molecule has 5 heteroatoms. The smallest absolute Gasteiger partial charge is 0.318 e. The molecule has 0 unspecified atom stereocenters. The molecule has 0 atom stereocenters. The van der Waals surface area contributed by atoms with Gasteiger partial charge in [-0.25, -0.2) is 0 Å². The number of pyridine rings is 1. The third-order valence-electron chi connectivity index (χ3n) is 2.49. The Morgan fingerprint density at radius 2 is 2.07 bits per heavy atom. The van der Waals surface area contributed by atoms with Crippen molar-refractivity contribution in [3.63, 3.8) is 0 Å². The molecule has 2 aromatic rings. The molecule has 2 heterocycles. The van der Waals surface area contributed by atoms with Gasteiger partial charge in [-0.2, -0.15) is 8.78 Å². The Hall–Kier alpha value is -1.65. The second-order valence-electron chi connectivity index (χ2n) is 3.47. The Bertz CT molecular complexity index is 569. The molecule has 15 heavy (non-hydrogen) atoms. The van der Waals surface area contributed by atoms with E-state index < -0.39 is 6.55 Å². The van der Waals surface area contributed by atoms with Gasteiger partial charge >= 0.3 is 6.55 Å². The molecule has 3 nitrogen and oxygen atoms in total. The summed E-state index contributed by atoms with van der Waals surface area (Å²) in [5.41, 5.74) is 0.413. The average Bonchev–Trinajstić information content (AvgIpc) is 2.58. The first-order valence-corrected chi connectivity index (χ1v) is 4.47. The lowest BCUT2D eigenvalue weighted by molar-refractivity contribution is 0.0751. The summed E-state index contributed by atoms with van der Waals surface area (Å²) in [4.78, 5) is 11.6. The van der Waals surface area contributed by atoms with Crippen LogP contribution < -0.4 is 5.56 Å². The number of alkyl halides is 2. The molecule has 0 saturated heterocycles. The van der Waals surface area contributed by atoms with Crippen LogP contribution in [0.5, 0.6) is 0 Å². The highest BCUT2D eigenvalue weighted by Gasteiger charge is 2.13. The van der Waals surface area contributed by atoms with Crippen LogP contribution in [0, 0.1) is 6.92 Å². The first-order valence-electron chi connectivity index (χ1n) is 4.47. The van der Waals surface area contributed by atoms with E-state index in [9.17, 15) is 13.6 Å². The van der Waals surface area contributed by atoms with Gasteiger partial charge < -0.3 is 4.57 Å². The standard InChI is InChI=1S/C10H10F2N2O/c1-6-8-7(5-13(2)9(6)15)3-4-14(8)10(11)12/h3-5,10H,1-2H3. The van der Waals surface area contributed by atoms with Crippen LogP contribution in [0.15, 0.2) is 23.3 Å². The number of hydrogen-bond acceptors (Lipinski definition) is 1. The fourth-order valence-electron chi connectivity index (χ4n) is 1.77. The number of aryl methyl sites for hydroxylation is 2. The minimum atomic E-state index is -2.62. The predicted octanol–water partition coefficient (Wildman–Crippen LogP) is 2.04. The summed E-state index contributed by atoms with van der Waals surface area (Å²) >= 11 is 0. The van der Waals surface area contributed by atoms with Crippen LogP contribution in [0.1, 0.15) is 12.1 Å². The first kappa shape index (κ1) is 9.89.